The van der Waals surface area contributed by atoms with E-state index in [0.29, 0.717) is 21.2 Å². The van der Waals surface area contributed by atoms with Gasteiger partial charge < -0.3 is 0 Å². The highest BCUT2D eigenvalue weighted by molar-refractivity contribution is 6.34. The highest BCUT2D eigenvalue weighted by atomic mass is 35.5. The third-order valence-corrected chi connectivity index (χ3v) is 3.35. The van der Waals surface area contributed by atoms with E-state index in [-0.39, 0.29) is 0 Å². The van der Waals surface area contributed by atoms with Crippen molar-refractivity contribution in [3.63, 3.8) is 0 Å². The monoisotopic (exact) mass is 300 g/mol. The highest BCUT2D eigenvalue weighted by Crippen LogP contribution is 2.27. The van der Waals surface area contributed by atoms with E-state index in [0.717, 1.165) is 24.0 Å². The summed E-state index contributed by atoms with van der Waals surface area (Å²) in [5.41, 5.74) is 1.60. The summed E-state index contributed by atoms with van der Waals surface area (Å²) in [6, 6.07) is 7.28. The molecule has 1 aromatic heterocycles. The second-order valence-corrected chi connectivity index (χ2v) is 5.02. The third-order valence-electron chi connectivity index (χ3n) is 2.49. The predicted octanol–water partition coefficient (Wildman–Crippen LogP) is 5.06. The molecular weight excluding hydrogens is 291 g/mol. The van der Waals surface area contributed by atoms with Crippen molar-refractivity contribution in [2.75, 3.05) is 0 Å². The van der Waals surface area contributed by atoms with Gasteiger partial charge in [-0.1, -0.05) is 60.3 Å². The zero-order valence-electron chi connectivity index (χ0n) is 9.75. The Morgan fingerprint density at radius 3 is 2.28 bits per heavy atom. The molecule has 0 saturated heterocycles. The summed E-state index contributed by atoms with van der Waals surface area (Å²) >= 11 is 18.2. The smallest absolute Gasteiger partial charge is 0.162 e. The standard InChI is InChI=1S/C13H11Cl3N2/c1-2-4-10-11(15)17-13(18-12(10)16)8-5-3-6-9(14)7-8/h3,5-7H,2,4H2,1H3. The maximum atomic E-state index is 6.13. The molecule has 0 fully saturated rings. The van der Waals surface area contributed by atoms with E-state index in [4.69, 9.17) is 34.8 Å². The number of hydrogen-bond acceptors (Lipinski definition) is 2. The molecule has 5 heteroatoms. The molecule has 0 radical (unpaired) electrons. The minimum Gasteiger partial charge on any atom is -0.216 e. The van der Waals surface area contributed by atoms with E-state index in [1.165, 1.54) is 0 Å². The molecule has 2 rings (SSSR count). The van der Waals surface area contributed by atoms with Crippen LogP contribution in [0.15, 0.2) is 24.3 Å². The molecule has 0 aliphatic carbocycles. The first-order chi connectivity index (χ1) is 8.61. The van der Waals surface area contributed by atoms with Gasteiger partial charge in [-0.25, -0.2) is 9.97 Å². The van der Waals surface area contributed by atoms with Crippen LogP contribution in [0, 0.1) is 0 Å². The van der Waals surface area contributed by atoms with Crippen LogP contribution in [0.3, 0.4) is 0 Å². The van der Waals surface area contributed by atoms with Gasteiger partial charge in [-0.3, -0.25) is 0 Å². The quantitative estimate of drug-likeness (QED) is 0.741. The van der Waals surface area contributed by atoms with E-state index >= 15 is 0 Å². The van der Waals surface area contributed by atoms with Gasteiger partial charge >= 0.3 is 0 Å². The van der Waals surface area contributed by atoms with Crippen LogP contribution in [0.4, 0.5) is 0 Å². The summed E-state index contributed by atoms with van der Waals surface area (Å²) in [5, 5.41) is 1.44. The molecule has 0 N–H and O–H groups in total. The fourth-order valence-electron chi connectivity index (χ4n) is 1.64. The van der Waals surface area contributed by atoms with Gasteiger partial charge in [0.2, 0.25) is 0 Å². The minimum atomic E-state index is 0.409. The summed E-state index contributed by atoms with van der Waals surface area (Å²) in [6.07, 6.45) is 1.72. The van der Waals surface area contributed by atoms with Crippen LogP contribution in [0.5, 0.6) is 0 Å². The zero-order valence-corrected chi connectivity index (χ0v) is 12.0. The molecule has 0 spiro atoms. The van der Waals surface area contributed by atoms with Crippen LogP contribution in [-0.2, 0) is 6.42 Å². The normalized spacial score (nSPS) is 10.7. The fraction of sp³-hybridized carbons (Fsp3) is 0.231. The van der Waals surface area contributed by atoms with E-state index in [2.05, 4.69) is 16.9 Å². The lowest BCUT2D eigenvalue weighted by Gasteiger charge is -2.07. The first-order valence-electron chi connectivity index (χ1n) is 5.59. The summed E-state index contributed by atoms with van der Waals surface area (Å²) < 4.78 is 0. The Hall–Kier alpha value is -0.830. The molecule has 2 aromatic rings. The second-order valence-electron chi connectivity index (χ2n) is 3.87. The Morgan fingerprint density at radius 2 is 1.72 bits per heavy atom. The van der Waals surface area contributed by atoms with Gasteiger partial charge in [-0.05, 0) is 18.6 Å². The van der Waals surface area contributed by atoms with Crippen LogP contribution in [-0.4, -0.2) is 9.97 Å². The fourth-order valence-corrected chi connectivity index (χ4v) is 2.41. The van der Waals surface area contributed by atoms with Crippen molar-refractivity contribution in [1.29, 1.82) is 0 Å². The second kappa shape index (κ2) is 5.87. The Morgan fingerprint density at radius 1 is 1.06 bits per heavy atom. The molecule has 2 nitrogen and oxygen atoms in total. The number of nitrogens with zero attached hydrogens (tertiary/aromatic N) is 2. The van der Waals surface area contributed by atoms with Gasteiger partial charge in [0.1, 0.15) is 10.3 Å². The van der Waals surface area contributed by atoms with Crippen LogP contribution < -0.4 is 0 Å². The average Bonchev–Trinajstić information content (AvgIpc) is 2.33. The Labute approximate surface area is 121 Å². The molecule has 0 atom stereocenters. The molecule has 0 aliphatic rings. The van der Waals surface area contributed by atoms with E-state index in [1.54, 1.807) is 12.1 Å². The number of benzene rings is 1. The molecule has 0 unspecified atom stereocenters. The van der Waals surface area contributed by atoms with Crippen molar-refractivity contribution >= 4 is 34.8 Å². The van der Waals surface area contributed by atoms with Crippen LogP contribution in [0.2, 0.25) is 15.3 Å². The number of rotatable bonds is 3. The molecule has 0 saturated carbocycles. The summed E-state index contributed by atoms with van der Waals surface area (Å²) in [6.45, 7) is 2.05. The lowest BCUT2D eigenvalue weighted by atomic mass is 10.2. The van der Waals surface area contributed by atoms with Crippen molar-refractivity contribution in [2.45, 2.75) is 19.8 Å². The molecule has 0 bridgehead atoms. The van der Waals surface area contributed by atoms with Gasteiger partial charge in [0.25, 0.3) is 0 Å². The summed E-state index contributed by atoms with van der Waals surface area (Å²) in [7, 11) is 0. The van der Waals surface area contributed by atoms with Gasteiger partial charge in [-0.15, -0.1) is 0 Å². The van der Waals surface area contributed by atoms with Crippen molar-refractivity contribution in [1.82, 2.24) is 9.97 Å². The van der Waals surface area contributed by atoms with Gasteiger partial charge in [-0.2, -0.15) is 0 Å². The van der Waals surface area contributed by atoms with E-state index < -0.39 is 0 Å². The van der Waals surface area contributed by atoms with Crippen LogP contribution in [0.25, 0.3) is 11.4 Å². The third kappa shape index (κ3) is 2.94. The molecule has 1 heterocycles. The van der Waals surface area contributed by atoms with Gasteiger partial charge in [0.15, 0.2) is 5.82 Å². The molecule has 1 aromatic carbocycles. The predicted molar refractivity (Wildman–Crippen MR) is 76.5 cm³/mol. The Balaban J connectivity index is 2.48. The first-order valence-corrected chi connectivity index (χ1v) is 6.73. The molecule has 0 amide bonds. The number of halogens is 3. The average molecular weight is 302 g/mol. The van der Waals surface area contributed by atoms with Crippen LogP contribution in [0.1, 0.15) is 18.9 Å². The lowest BCUT2D eigenvalue weighted by molar-refractivity contribution is 0.903. The van der Waals surface area contributed by atoms with Gasteiger partial charge in [0.05, 0.1) is 0 Å². The van der Waals surface area contributed by atoms with Gasteiger partial charge in [0, 0.05) is 16.1 Å². The largest absolute Gasteiger partial charge is 0.216 e. The first kappa shape index (κ1) is 13.6. The maximum absolute atomic E-state index is 6.13. The van der Waals surface area contributed by atoms with E-state index in [1.807, 2.05) is 12.1 Å². The van der Waals surface area contributed by atoms with Crippen molar-refractivity contribution in [3.05, 3.63) is 45.2 Å². The summed E-state index contributed by atoms with van der Waals surface area (Å²) in [4.78, 5) is 8.55. The topological polar surface area (TPSA) is 25.8 Å². The molecule has 18 heavy (non-hydrogen) atoms. The van der Waals surface area contributed by atoms with E-state index in [9.17, 15) is 0 Å². The Kier molecular flexibility index (Phi) is 4.44. The number of hydrogen-bond donors (Lipinski definition) is 0. The van der Waals surface area contributed by atoms with Crippen molar-refractivity contribution < 1.29 is 0 Å². The highest BCUT2D eigenvalue weighted by Gasteiger charge is 2.12. The SMILES string of the molecule is CCCc1c(Cl)nc(-c2cccc(Cl)c2)nc1Cl. The summed E-state index contributed by atoms with van der Waals surface area (Å²) in [5.74, 6) is 0.493. The zero-order chi connectivity index (χ0) is 13.1. The van der Waals surface area contributed by atoms with Crippen molar-refractivity contribution in [2.24, 2.45) is 0 Å². The van der Waals surface area contributed by atoms with Crippen LogP contribution >= 0.6 is 34.8 Å². The molecular formula is C13H11Cl3N2. The molecule has 94 valence electrons. The van der Waals surface area contributed by atoms with Crippen molar-refractivity contribution in [3.8, 4) is 11.4 Å². The number of aromatic nitrogens is 2. The maximum Gasteiger partial charge on any atom is 0.162 e. The Bertz CT molecular complexity index is 547. The minimum absolute atomic E-state index is 0.409. The lowest BCUT2D eigenvalue weighted by Crippen LogP contribution is -1.97. The molecule has 0 aliphatic heterocycles.